The lowest BCUT2D eigenvalue weighted by Gasteiger charge is -2.12. The number of halogens is 1. The second-order valence-electron chi connectivity index (χ2n) is 4.81. The monoisotopic (exact) mass is 312 g/mol. The molecule has 0 aliphatic rings. The van der Waals surface area contributed by atoms with Crippen molar-refractivity contribution in [3.8, 4) is 5.75 Å². The van der Waals surface area contributed by atoms with E-state index in [2.05, 4.69) is 23.8 Å². The lowest BCUT2D eigenvalue weighted by molar-refractivity contribution is 0.415. The van der Waals surface area contributed by atoms with Crippen molar-refractivity contribution in [2.75, 3.05) is 19.2 Å². The van der Waals surface area contributed by atoms with Crippen LogP contribution >= 0.6 is 23.4 Å². The van der Waals surface area contributed by atoms with E-state index >= 15 is 0 Å². The maximum Gasteiger partial charge on any atom is 0.121 e. The summed E-state index contributed by atoms with van der Waals surface area (Å²) in [5, 5.41) is 0.641. The SMILES string of the molecule is COc1ccc2nc(CCCl)n(CCC(C)SC)c2c1. The first-order valence-electron chi connectivity index (χ1n) is 6.81. The minimum atomic E-state index is 0.596. The van der Waals surface area contributed by atoms with Crippen LogP contribution in [0.4, 0.5) is 0 Å². The molecule has 0 saturated heterocycles. The Morgan fingerprint density at radius 3 is 2.90 bits per heavy atom. The summed E-state index contributed by atoms with van der Waals surface area (Å²) in [6, 6.07) is 6.03. The lowest BCUT2D eigenvalue weighted by atomic mass is 10.2. The van der Waals surface area contributed by atoms with Gasteiger partial charge in [0.15, 0.2) is 0 Å². The largest absolute Gasteiger partial charge is 0.497 e. The number of alkyl halides is 1. The van der Waals surface area contributed by atoms with Gasteiger partial charge >= 0.3 is 0 Å². The van der Waals surface area contributed by atoms with Gasteiger partial charge < -0.3 is 9.30 Å². The van der Waals surface area contributed by atoms with Crippen LogP contribution in [0.1, 0.15) is 19.2 Å². The molecule has 1 aromatic carbocycles. The van der Waals surface area contributed by atoms with Gasteiger partial charge in [-0.1, -0.05) is 6.92 Å². The highest BCUT2D eigenvalue weighted by Gasteiger charge is 2.12. The van der Waals surface area contributed by atoms with Crippen molar-refractivity contribution in [1.82, 2.24) is 9.55 Å². The number of nitrogens with zero attached hydrogens (tertiary/aromatic N) is 2. The Balaban J connectivity index is 2.37. The highest BCUT2D eigenvalue weighted by Crippen LogP contribution is 2.24. The molecule has 3 nitrogen and oxygen atoms in total. The zero-order valence-electron chi connectivity index (χ0n) is 12.2. The maximum atomic E-state index is 5.90. The number of imidazole rings is 1. The Hall–Kier alpha value is -0.870. The Labute approximate surface area is 129 Å². The highest BCUT2D eigenvalue weighted by molar-refractivity contribution is 7.99. The molecule has 5 heteroatoms. The molecule has 2 aromatic rings. The summed E-state index contributed by atoms with van der Waals surface area (Å²) in [5.41, 5.74) is 2.15. The number of methoxy groups -OCH3 is 1. The molecule has 0 spiro atoms. The molecule has 20 heavy (non-hydrogen) atoms. The number of rotatable bonds is 7. The summed E-state index contributed by atoms with van der Waals surface area (Å²) in [6.07, 6.45) is 4.07. The average Bonchev–Trinajstić information content (AvgIpc) is 2.81. The molecule has 0 amide bonds. The van der Waals surface area contributed by atoms with Gasteiger partial charge in [-0.25, -0.2) is 4.98 Å². The van der Waals surface area contributed by atoms with Gasteiger partial charge in [0.1, 0.15) is 11.6 Å². The second kappa shape index (κ2) is 7.23. The van der Waals surface area contributed by atoms with Crippen LogP contribution in [0.2, 0.25) is 0 Å². The third kappa shape index (κ3) is 3.41. The number of aromatic nitrogens is 2. The molecule has 1 heterocycles. The highest BCUT2D eigenvalue weighted by atomic mass is 35.5. The topological polar surface area (TPSA) is 27.1 Å². The van der Waals surface area contributed by atoms with E-state index in [9.17, 15) is 0 Å². The van der Waals surface area contributed by atoms with E-state index in [4.69, 9.17) is 21.3 Å². The van der Waals surface area contributed by atoms with Crippen molar-refractivity contribution in [3.63, 3.8) is 0 Å². The first-order chi connectivity index (χ1) is 9.69. The average molecular weight is 313 g/mol. The van der Waals surface area contributed by atoms with Gasteiger partial charge in [0, 0.05) is 30.2 Å². The smallest absolute Gasteiger partial charge is 0.121 e. The van der Waals surface area contributed by atoms with Gasteiger partial charge in [0.2, 0.25) is 0 Å². The van der Waals surface area contributed by atoms with Gasteiger partial charge in [-0.3, -0.25) is 0 Å². The molecule has 0 aliphatic heterocycles. The molecular weight excluding hydrogens is 292 g/mol. The van der Waals surface area contributed by atoms with Crippen molar-refractivity contribution in [2.45, 2.75) is 31.6 Å². The number of fused-ring (bicyclic) bond motifs is 1. The normalized spacial score (nSPS) is 12.8. The first kappa shape index (κ1) is 15.5. The Kier molecular flexibility index (Phi) is 5.61. The second-order valence-corrected chi connectivity index (χ2v) is 6.46. The van der Waals surface area contributed by atoms with Crippen LogP contribution in [0.5, 0.6) is 5.75 Å². The summed E-state index contributed by atoms with van der Waals surface area (Å²) in [4.78, 5) is 4.70. The minimum absolute atomic E-state index is 0.596. The van der Waals surface area contributed by atoms with E-state index in [-0.39, 0.29) is 0 Å². The number of thioether (sulfide) groups is 1. The summed E-state index contributed by atoms with van der Waals surface area (Å²) in [7, 11) is 1.69. The van der Waals surface area contributed by atoms with Crippen LogP contribution in [0.3, 0.4) is 0 Å². The van der Waals surface area contributed by atoms with E-state index in [0.717, 1.165) is 42.0 Å². The number of aryl methyl sites for hydroxylation is 2. The van der Waals surface area contributed by atoms with Gasteiger partial charge in [0.05, 0.1) is 18.1 Å². The molecule has 2 rings (SSSR count). The predicted octanol–water partition coefficient (Wildman–Crippen LogP) is 3.97. The molecular formula is C15H21ClN2OS. The van der Waals surface area contributed by atoms with Gasteiger partial charge in [0.25, 0.3) is 0 Å². The van der Waals surface area contributed by atoms with Crippen molar-refractivity contribution in [3.05, 3.63) is 24.0 Å². The first-order valence-corrected chi connectivity index (χ1v) is 8.63. The standard InChI is InChI=1S/C15H21ClN2OS/c1-11(20-3)7-9-18-14-10-12(19-2)4-5-13(14)17-15(18)6-8-16/h4-5,10-11H,6-9H2,1-3H3. The number of ether oxygens (including phenoxy) is 1. The third-order valence-corrected chi connectivity index (χ3v) is 4.74. The van der Waals surface area contributed by atoms with E-state index in [0.29, 0.717) is 11.1 Å². The molecule has 0 aliphatic carbocycles. The van der Waals surface area contributed by atoms with Crippen LogP contribution in [0, 0.1) is 0 Å². The predicted molar refractivity (Wildman–Crippen MR) is 88.3 cm³/mol. The molecule has 1 unspecified atom stereocenters. The summed E-state index contributed by atoms with van der Waals surface area (Å²) in [5.74, 6) is 2.53. The molecule has 0 fully saturated rings. The fraction of sp³-hybridized carbons (Fsp3) is 0.533. The van der Waals surface area contributed by atoms with E-state index in [1.165, 1.54) is 0 Å². The summed E-state index contributed by atoms with van der Waals surface area (Å²) in [6.45, 7) is 3.23. The quantitative estimate of drug-likeness (QED) is 0.724. The van der Waals surface area contributed by atoms with Crippen molar-refractivity contribution in [2.24, 2.45) is 0 Å². The zero-order valence-corrected chi connectivity index (χ0v) is 13.8. The molecule has 0 saturated carbocycles. The Bertz CT molecular complexity index is 570. The Morgan fingerprint density at radius 1 is 1.45 bits per heavy atom. The van der Waals surface area contributed by atoms with Crippen molar-refractivity contribution < 1.29 is 4.74 Å². The molecule has 0 radical (unpaired) electrons. The van der Waals surface area contributed by atoms with E-state index in [1.54, 1.807) is 7.11 Å². The fourth-order valence-corrected chi connectivity index (χ4v) is 2.74. The molecule has 110 valence electrons. The van der Waals surface area contributed by atoms with Crippen LogP contribution < -0.4 is 4.74 Å². The van der Waals surface area contributed by atoms with Crippen LogP contribution in [-0.2, 0) is 13.0 Å². The van der Waals surface area contributed by atoms with Crippen LogP contribution in [0.15, 0.2) is 18.2 Å². The summed E-state index contributed by atoms with van der Waals surface area (Å²) >= 11 is 7.80. The van der Waals surface area contributed by atoms with Crippen LogP contribution in [-0.4, -0.2) is 34.0 Å². The minimum Gasteiger partial charge on any atom is -0.497 e. The molecule has 0 bridgehead atoms. The fourth-order valence-electron chi connectivity index (χ4n) is 2.23. The Morgan fingerprint density at radius 2 is 2.25 bits per heavy atom. The van der Waals surface area contributed by atoms with Gasteiger partial charge in [-0.05, 0) is 24.8 Å². The van der Waals surface area contributed by atoms with E-state index < -0.39 is 0 Å². The zero-order chi connectivity index (χ0) is 14.5. The maximum absolute atomic E-state index is 5.90. The van der Waals surface area contributed by atoms with Crippen LogP contribution in [0.25, 0.3) is 11.0 Å². The third-order valence-electron chi connectivity index (χ3n) is 3.51. The number of benzene rings is 1. The molecule has 0 N–H and O–H groups in total. The lowest BCUT2D eigenvalue weighted by Crippen LogP contribution is -2.08. The van der Waals surface area contributed by atoms with Gasteiger partial charge in [-0.15, -0.1) is 11.6 Å². The van der Waals surface area contributed by atoms with E-state index in [1.807, 2.05) is 23.9 Å². The number of hydrogen-bond donors (Lipinski definition) is 0. The van der Waals surface area contributed by atoms with Gasteiger partial charge in [-0.2, -0.15) is 11.8 Å². The summed E-state index contributed by atoms with van der Waals surface area (Å²) < 4.78 is 7.61. The number of hydrogen-bond acceptors (Lipinski definition) is 3. The molecule has 1 aromatic heterocycles. The molecule has 1 atom stereocenters. The van der Waals surface area contributed by atoms with Crippen molar-refractivity contribution in [1.29, 1.82) is 0 Å². The van der Waals surface area contributed by atoms with Crippen molar-refractivity contribution >= 4 is 34.4 Å².